The van der Waals surface area contributed by atoms with Crippen LogP contribution in [0.25, 0.3) is 5.78 Å². The van der Waals surface area contributed by atoms with Gasteiger partial charge in [-0.05, 0) is 44.6 Å². The molecule has 0 radical (unpaired) electrons. The SMILES string of the molecule is CSc1nc2nc(C)c(CCC(=O)O[C@H](C)c3cccc([N+](=O)[O-])c3)c(C)n2n1. The van der Waals surface area contributed by atoms with E-state index in [2.05, 4.69) is 15.1 Å². The molecule has 3 rings (SSSR count). The van der Waals surface area contributed by atoms with Crippen molar-refractivity contribution in [2.24, 2.45) is 0 Å². The molecule has 0 saturated carbocycles. The summed E-state index contributed by atoms with van der Waals surface area (Å²) in [5.41, 5.74) is 3.16. The van der Waals surface area contributed by atoms with Crippen LogP contribution in [-0.2, 0) is 16.0 Å². The monoisotopic (exact) mass is 415 g/mol. The summed E-state index contributed by atoms with van der Waals surface area (Å²) in [6.45, 7) is 5.50. The standard InChI is InChI=1S/C19H21N5O4S/c1-11-16(12(2)23-18(20-11)21-19(22-23)29-4)8-9-17(25)28-13(3)14-6-5-7-15(10-14)24(26)27/h5-7,10,13H,8-9H2,1-4H3/t13-/m1/s1. The number of aromatic nitrogens is 4. The van der Waals surface area contributed by atoms with E-state index in [1.807, 2.05) is 20.1 Å². The van der Waals surface area contributed by atoms with Crippen LogP contribution in [0.4, 0.5) is 5.69 Å². The van der Waals surface area contributed by atoms with Gasteiger partial charge < -0.3 is 4.74 Å². The van der Waals surface area contributed by atoms with Crippen molar-refractivity contribution in [3.05, 3.63) is 56.9 Å². The van der Waals surface area contributed by atoms with Crippen LogP contribution in [0.1, 0.15) is 42.0 Å². The molecule has 9 nitrogen and oxygen atoms in total. The van der Waals surface area contributed by atoms with Crippen molar-refractivity contribution < 1.29 is 14.5 Å². The summed E-state index contributed by atoms with van der Waals surface area (Å²) in [4.78, 5) is 31.6. The van der Waals surface area contributed by atoms with Gasteiger partial charge >= 0.3 is 5.97 Å². The molecule has 0 aliphatic carbocycles. The molecule has 10 heteroatoms. The highest BCUT2D eigenvalue weighted by Gasteiger charge is 2.18. The summed E-state index contributed by atoms with van der Waals surface area (Å²) >= 11 is 1.44. The molecule has 29 heavy (non-hydrogen) atoms. The van der Waals surface area contributed by atoms with Gasteiger partial charge in [0.2, 0.25) is 5.16 Å². The third-order valence-electron chi connectivity index (χ3n) is 4.65. The van der Waals surface area contributed by atoms with Gasteiger partial charge in [0.15, 0.2) is 0 Å². The number of nitro groups is 1. The van der Waals surface area contributed by atoms with E-state index in [9.17, 15) is 14.9 Å². The van der Waals surface area contributed by atoms with Gasteiger partial charge in [-0.3, -0.25) is 14.9 Å². The number of hydrogen-bond acceptors (Lipinski definition) is 8. The Hall–Kier alpha value is -3.01. The van der Waals surface area contributed by atoms with Crippen molar-refractivity contribution in [3.8, 4) is 0 Å². The molecule has 0 unspecified atom stereocenters. The van der Waals surface area contributed by atoms with Crippen molar-refractivity contribution in [2.75, 3.05) is 6.26 Å². The van der Waals surface area contributed by atoms with Crippen LogP contribution in [0.2, 0.25) is 0 Å². The van der Waals surface area contributed by atoms with E-state index in [0.717, 1.165) is 17.0 Å². The number of thioether (sulfide) groups is 1. The summed E-state index contributed by atoms with van der Waals surface area (Å²) in [7, 11) is 0. The molecular weight excluding hydrogens is 394 g/mol. The fraction of sp³-hybridized carbons (Fsp3) is 0.368. The Kier molecular flexibility index (Phi) is 6.12. The maximum absolute atomic E-state index is 12.3. The van der Waals surface area contributed by atoms with Crippen LogP contribution in [0.5, 0.6) is 0 Å². The van der Waals surface area contributed by atoms with Crippen molar-refractivity contribution in [3.63, 3.8) is 0 Å². The van der Waals surface area contributed by atoms with Gasteiger partial charge in [0, 0.05) is 29.9 Å². The number of hydrogen-bond donors (Lipinski definition) is 0. The lowest BCUT2D eigenvalue weighted by Gasteiger charge is -2.14. The summed E-state index contributed by atoms with van der Waals surface area (Å²) in [5, 5.41) is 16.0. The minimum atomic E-state index is -0.579. The van der Waals surface area contributed by atoms with Crippen molar-refractivity contribution >= 4 is 29.2 Å². The summed E-state index contributed by atoms with van der Waals surface area (Å²) in [6, 6.07) is 6.09. The lowest BCUT2D eigenvalue weighted by molar-refractivity contribution is -0.385. The van der Waals surface area contributed by atoms with Crippen LogP contribution in [-0.4, -0.2) is 36.7 Å². The summed E-state index contributed by atoms with van der Waals surface area (Å²) in [6.07, 6.45) is 1.94. The zero-order chi connectivity index (χ0) is 21.1. The second-order valence-corrected chi connectivity index (χ2v) is 7.33. The highest BCUT2D eigenvalue weighted by molar-refractivity contribution is 7.98. The van der Waals surface area contributed by atoms with E-state index in [1.165, 1.54) is 23.9 Å². The molecule has 0 aliphatic rings. The van der Waals surface area contributed by atoms with Gasteiger partial charge in [-0.25, -0.2) is 9.50 Å². The Morgan fingerprint density at radius 2 is 2.10 bits per heavy atom. The molecule has 0 amide bonds. The molecule has 0 fully saturated rings. The lowest BCUT2D eigenvalue weighted by atomic mass is 10.1. The molecule has 0 bridgehead atoms. The molecule has 3 aromatic rings. The minimum Gasteiger partial charge on any atom is -0.458 e. The molecule has 0 N–H and O–H groups in total. The number of ether oxygens (including phenoxy) is 1. The van der Waals surface area contributed by atoms with Crippen molar-refractivity contribution in [1.82, 2.24) is 19.6 Å². The van der Waals surface area contributed by atoms with E-state index in [4.69, 9.17) is 4.74 Å². The molecule has 2 aromatic heterocycles. The van der Waals surface area contributed by atoms with Crippen molar-refractivity contribution in [2.45, 2.75) is 44.9 Å². The predicted molar refractivity (Wildman–Crippen MR) is 108 cm³/mol. The van der Waals surface area contributed by atoms with E-state index in [1.54, 1.807) is 23.6 Å². The second-order valence-electron chi connectivity index (χ2n) is 6.56. The Bertz CT molecular complexity index is 1080. The second kappa shape index (κ2) is 8.56. The quantitative estimate of drug-likeness (QED) is 0.249. The molecule has 0 spiro atoms. The number of carbonyl (C=O) groups is 1. The topological polar surface area (TPSA) is 113 Å². The van der Waals surface area contributed by atoms with Crippen LogP contribution in [0.15, 0.2) is 29.4 Å². The number of benzene rings is 1. The number of nitro benzene ring substituents is 1. The summed E-state index contributed by atoms with van der Waals surface area (Å²) < 4.78 is 7.15. The Morgan fingerprint density at radius 3 is 2.79 bits per heavy atom. The lowest BCUT2D eigenvalue weighted by Crippen LogP contribution is -2.12. The highest BCUT2D eigenvalue weighted by Crippen LogP contribution is 2.23. The van der Waals surface area contributed by atoms with Crippen LogP contribution < -0.4 is 0 Å². The third-order valence-corrected chi connectivity index (χ3v) is 5.19. The molecule has 0 aliphatic heterocycles. The first-order chi connectivity index (χ1) is 13.8. The largest absolute Gasteiger partial charge is 0.458 e. The number of rotatable bonds is 7. The fourth-order valence-electron chi connectivity index (χ4n) is 3.08. The first kappa shape index (κ1) is 20.7. The molecule has 152 valence electrons. The number of fused-ring (bicyclic) bond motifs is 1. The van der Waals surface area contributed by atoms with Crippen LogP contribution in [0, 0.1) is 24.0 Å². The Morgan fingerprint density at radius 1 is 1.34 bits per heavy atom. The average Bonchev–Trinajstić information content (AvgIpc) is 3.11. The zero-order valence-corrected chi connectivity index (χ0v) is 17.4. The molecule has 1 atom stereocenters. The fourth-order valence-corrected chi connectivity index (χ4v) is 3.42. The Balaban J connectivity index is 1.69. The smallest absolute Gasteiger partial charge is 0.306 e. The van der Waals surface area contributed by atoms with E-state index in [0.29, 0.717) is 22.9 Å². The maximum atomic E-state index is 12.3. The maximum Gasteiger partial charge on any atom is 0.306 e. The number of esters is 1. The first-order valence-electron chi connectivity index (χ1n) is 9.00. The van der Waals surface area contributed by atoms with Crippen LogP contribution >= 0.6 is 11.8 Å². The predicted octanol–water partition coefficient (Wildman–Crippen LogP) is 3.61. The van der Waals surface area contributed by atoms with Gasteiger partial charge in [-0.15, -0.1) is 5.10 Å². The van der Waals surface area contributed by atoms with E-state index < -0.39 is 11.0 Å². The van der Waals surface area contributed by atoms with E-state index in [-0.39, 0.29) is 18.1 Å². The highest BCUT2D eigenvalue weighted by atomic mass is 32.2. The van der Waals surface area contributed by atoms with Gasteiger partial charge in [-0.1, -0.05) is 23.9 Å². The Labute approximate surface area is 171 Å². The number of non-ortho nitro benzene ring substituents is 1. The average molecular weight is 415 g/mol. The third kappa shape index (κ3) is 4.53. The number of carbonyl (C=O) groups excluding carboxylic acids is 1. The van der Waals surface area contributed by atoms with Crippen molar-refractivity contribution in [1.29, 1.82) is 0 Å². The minimum absolute atomic E-state index is 0.0338. The first-order valence-corrected chi connectivity index (χ1v) is 10.2. The van der Waals surface area contributed by atoms with Crippen LogP contribution in [0.3, 0.4) is 0 Å². The molecule has 2 heterocycles. The van der Waals surface area contributed by atoms with Gasteiger partial charge in [-0.2, -0.15) is 4.98 Å². The van der Waals surface area contributed by atoms with Gasteiger partial charge in [0.1, 0.15) is 6.10 Å². The molecule has 0 saturated heterocycles. The summed E-state index contributed by atoms with van der Waals surface area (Å²) in [5.74, 6) is 0.154. The zero-order valence-electron chi connectivity index (χ0n) is 16.6. The molecular formula is C19H21N5O4S. The van der Waals surface area contributed by atoms with E-state index >= 15 is 0 Å². The number of nitrogens with zero attached hydrogens (tertiary/aromatic N) is 5. The van der Waals surface area contributed by atoms with Gasteiger partial charge in [0.25, 0.3) is 11.5 Å². The van der Waals surface area contributed by atoms with Gasteiger partial charge in [0.05, 0.1) is 4.92 Å². The molecule has 1 aromatic carbocycles. The normalized spacial score (nSPS) is 12.1. The number of aryl methyl sites for hydroxylation is 2.